The largest absolute Gasteiger partial charge is 0.444 e. The molecule has 1 saturated heterocycles. The lowest BCUT2D eigenvalue weighted by molar-refractivity contribution is -0.120. The van der Waals surface area contributed by atoms with Crippen LogP contribution < -0.4 is 5.32 Å². The Morgan fingerprint density at radius 2 is 1.96 bits per heavy atom. The molecule has 1 unspecified atom stereocenters. The summed E-state index contributed by atoms with van der Waals surface area (Å²) in [5.41, 5.74) is 4.18. The van der Waals surface area contributed by atoms with Crippen molar-refractivity contribution in [3.8, 4) is 0 Å². The summed E-state index contributed by atoms with van der Waals surface area (Å²) < 4.78 is 5.73. The van der Waals surface area contributed by atoms with Gasteiger partial charge in [-0.05, 0) is 64.8 Å². The molecule has 6 nitrogen and oxygen atoms in total. The fourth-order valence-corrected chi connectivity index (χ4v) is 3.62. The normalized spacial score (nSPS) is 17.3. The number of rotatable bonds is 5. The molecule has 1 aliphatic rings. The number of hydrogen-bond acceptors (Lipinski definition) is 5. The third kappa shape index (κ3) is 4.80. The zero-order valence-corrected chi connectivity index (χ0v) is 17.7. The van der Waals surface area contributed by atoms with E-state index in [2.05, 4.69) is 33.1 Å². The SMILES string of the molecule is Cc1cccc(NC(=O)C(C)N2CCCN(Cc3nc(C)c(C)o3)CC2)c1C. The topological polar surface area (TPSA) is 61.6 Å². The lowest BCUT2D eigenvalue weighted by Crippen LogP contribution is -2.44. The standard InChI is InChI=1S/C22H32N4O2/c1-15-8-6-9-20(16(15)2)24-22(27)18(4)26-11-7-10-25(12-13-26)14-21-23-17(3)19(5)28-21/h6,8-9,18H,7,10-14H2,1-5H3,(H,24,27). The molecular weight excluding hydrogens is 352 g/mol. The van der Waals surface area contributed by atoms with Gasteiger partial charge in [0.05, 0.1) is 18.3 Å². The van der Waals surface area contributed by atoms with Crippen molar-refractivity contribution in [2.24, 2.45) is 0 Å². The van der Waals surface area contributed by atoms with E-state index in [0.29, 0.717) is 0 Å². The third-order valence-corrected chi connectivity index (χ3v) is 5.84. The second kappa shape index (κ2) is 8.88. The van der Waals surface area contributed by atoms with E-state index >= 15 is 0 Å². The van der Waals surface area contributed by atoms with E-state index in [-0.39, 0.29) is 11.9 Å². The van der Waals surface area contributed by atoms with Gasteiger partial charge in [-0.2, -0.15) is 0 Å². The number of aromatic nitrogens is 1. The Hall–Kier alpha value is -2.18. The average molecular weight is 385 g/mol. The first-order valence-corrected chi connectivity index (χ1v) is 10.1. The molecule has 1 aromatic carbocycles. The summed E-state index contributed by atoms with van der Waals surface area (Å²) in [6.45, 7) is 14.4. The summed E-state index contributed by atoms with van der Waals surface area (Å²) in [5, 5.41) is 3.11. The fourth-order valence-electron chi connectivity index (χ4n) is 3.62. The maximum absolute atomic E-state index is 12.8. The van der Waals surface area contributed by atoms with E-state index in [9.17, 15) is 4.79 Å². The van der Waals surface area contributed by atoms with Gasteiger partial charge in [0, 0.05) is 25.3 Å². The zero-order valence-electron chi connectivity index (χ0n) is 17.7. The molecule has 0 bridgehead atoms. The van der Waals surface area contributed by atoms with Gasteiger partial charge in [0.15, 0.2) is 0 Å². The van der Waals surface area contributed by atoms with Crippen LogP contribution in [0.1, 0.15) is 41.8 Å². The van der Waals surface area contributed by atoms with Crippen molar-refractivity contribution < 1.29 is 9.21 Å². The minimum absolute atomic E-state index is 0.0566. The van der Waals surface area contributed by atoms with Crippen molar-refractivity contribution in [3.63, 3.8) is 0 Å². The molecular formula is C22H32N4O2. The molecule has 0 spiro atoms. The van der Waals surface area contributed by atoms with Crippen LogP contribution in [0.25, 0.3) is 0 Å². The molecule has 1 amide bonds. The zero-order chi connectivity index (χ0) is 20.3. The minimum Gasteiger partial charge on any atom is -0.444 e. The summed E-state index contributed by atoms with van der Waals surface area (Å²) in [6.07, 6.45) is 1.03. The van der Waals surface area contributed by atoms with Gasteiger partial charge in [-0.1, -0.05) is 12.1 Å². The predicted octanol–water partition coefficient (Wildman–Crippen LogP) is 3.44. The van der Waals surface area contributed by atoms with Gasteiger partial charge in [0.2, 0.25) is 11.8 Å². The van der Waals surface area contributed by atoms with Gasteiger partial charge in [-0.25, -0.2) is 4.98 Å². The Morgan fingerprint density at radius 3 is 2.68 bits per heavy atom. The number of nitrogens with zero attached hydrogens (tertiary/aromatic N) is 3. The minimum atomic E-state index is -0.161. The number of benzene rings is 1. The van der Waals surface area contributed by atoms with Crippen LogP contribution in [-0.4, -0.2) is 52.9 Å². The Morgan fingerprint density at radius 1 is 1.18 bits per heavy atom. The van der Waals surface area contributed by atoms with E-state index in [1.54, 1.807) is 0 Å². The van der Waals surface area contributed by atoms with Gasteiger partial charge in [-0.15, -0.1) is 0 Å². The molecule has 3 rings (SSSR count). The Kier molecular flexibility index (Phi) is 6.52. The fraction of sp³-hybridized carbons (Fsp3) is 0.545. The predicted molar refractivity (Wildman–Crippen MR) is 111 cm³/mol. The Balaban J connectivity index is 1.56. The van der Waals surface area contributed by atoms with Crippen molar-refractivity contribution >= 4 is 11.6 Å². The van der Waals surface area contributed by atoms with Gasteiger partial charge in [0.25, 0.3) is 0 Å². The van der Waals surface area contributed by atoms with Crippen LogP contribution in [0, 0.1) is 27.7 Å². The molecule has 1 aliphatic heterocycles. The average Bonchev–Trinajstić information content (AvgIpc) is 2.84. The van der Waals surface area contributed by atoms with Crippen LogP contribution in [0.5, 0.6) is 0 Å². The maximum Gasteiger partial charge on any atom is 0.241 e. The summed E-state index contributed by atoms with van der Waals surface area (Å²) in [6, 6.07) is 5.86. The number of amides is 1. The van der Waals surface area contributed by atoms with E-state index in [0.717, 1.165) is 67.7 Å². The van der Waals surface area contributed by atoms with Crippen molar-refractivity contribution in [2.45, 2.75) is 53.6 Å². The second-order valence-corrected chi connectivity index (χ2v) is 7.83. The number of aryl methyl sites for hydroxylation is 3. The lowest BCUT2D eigenvalue weighted by Gasteiger charge is -2.27. The molecule has 1 fully saturated rings. The molecule has 152 valence electrons. The first-order valence-electron chi connectivity index (χ1n) is 10.1. The van der Waals surface area contributed by atoms with Crippen LogP contribution in [-0.2, 0) is 11.3 Å². The highest BCUT2D eigenvalue weighted by Crippen LogP contribution is 2.19. The van der Waals surface area contributed by atoms with Crippen LogP contribution in [0.4, 0.5) is 5.69 Å². The number of oxazole rings is 1. The van der Waals surface area contributed by atoms with E-state index in [4.69, 9.17) is 4.42 Å². The second-order valence-electron chi connectivity index (χ2n) is 7.83. The van der Waals surface area contributed by atoms with E-state index in [1.165, 1.54) is 5.56 Å². The number of anilines is 1. The van der Waals surface area contributed by atoms with Crippen molar-refractivity contribution in [3.05, 3.63) is 46.7 Å². The monoisotopic (exact) mass is 384 g/mol. The summed E-state index contributed by atoms with van der Waals surface area (Å²) in [7, 11) is 0. The molecule has 1 atom stereocenters. The molecule has 2 heterocycles. The van der Waals surface area contributed by atoms with E-state index < -0.39 is 0 Å². The quantitative estimate of drug-likeness (QED) is 0.856. The van der Waals surface area contributed by atoms with Crippen LogP contribution >= 0.6 is 0 Å². The number of carbonyl (C=O) groups excluding carboxylic acids is 1. The summed E-state index contributed by atoms with van der Waals surface area (Å²) in [5.74, 6) is 1.73. The lowest BCUT2D eigenvalue weighted by atomic mass is 10.1. The molecule has 2 aromatic rings. The summed E-state index contributed by atoms with van der Waals surface area (Å²) in [4.78, 5) is 21.9. The van der Waals surface area contributed by atoms with Crippen molar-refractivity contribution in [2.75, 3.05) is 31.5 Å². The molecule has 0 saturated carbocycles. The maximum atomic E-state index is 12.8. The smallest absolute Gasteiger partial charge is 0.241 e. The number of carbonyl (C=O) groups is 1. The van der Waals surface area contributed by atoms with Gasteiger partial charge < -0.3 is 9.73 Å². The molecule has 0 radical (unpaired) electrons. The summed E-state index contributed by atoms with van der Waals surface area (Å²) >= 11 is 0. The van der Waals surface area contributed by atoms with Crippen LogP contribution in [0.15, 0.2) is 22.6 Å². The van der Waals surface area contributed by atoms with Gasteiger partial charge in [0.1, 0.15) is 5.76 Å². The highest BCUT2D eigenvalue weighted by Gasteiger charge is 2.25. The first kappa shape index (κ1) is 20.6. The van der Waals surface area contributed by atoms with E-state index in [1.807, 2.05) is 39.8 Å². The highest BCUT2D eigenvalue weighted by molar-refractivity contribution is 5.95. The number of hydrogen-bond donors (Lipinski definition) is 1. The van der Waals surface area contributed by atoms with Crippen molar-refractivity contribution in [1.29, 1.82) is 0 Å². The van der Waals surface area contributed by atoms with Crippen LogP contribution in [0.2, 0.25) is 0 Å². The third-order valence-electron chi connectivity index (χ3n) is 5.84. The Bertz CT molecular complexity index is 810. The molecule has 6 heteroatoms. The van der Waals surface area contributed by atoms with Crippen LogP contribution in [0.3, 0.4) is 0 Å². The molecule has 0 aliphatic carbocycles. The highest BCUT2D eigenvalue weighted by atomic mass is 16.4. The Labute approximate surface area is 167 Å². The van der Waals surface area contributed by atoms with Gasteiger partial charge in [-0.3, -0.25) is 14.6 Å². The molecule has 1 aromatic heterocycles. The first-order chi connectivity index (χ1) is 13.3. The molecule has 28 heavy (non-hydrogen) atoms. The van der Waals surface area contributed by atoms with Crippen molar-refractivity contribution in [1.82, 2.24) is 14.8 Å². The number of nitrogens with one attached hydrogen (secondary N) is 1. The molecule has 1 N–H and O–H groups in total. The van der Waals surface area contributed by atoms with Gasteiger partial charge >= 0.3 is 0 Å².